The Morgan fingerprint density at radius 1 is 1.22 bits per heavy atom. The SMILES string of the molecule is CC(C)(C)OC(=O)CC1CCN(Cc2ccn3ncnc(Nc4cccc(-c5cnco5)c4)c23)CC1. The lowest BCUT2D eigenvalue weighted by molar-refractivity contribution is -0.156. The summed E-state index contributed by atoms with van der Waals surface area (Å²) in [5.74, 6) is 1.74. The lowest BCUT2D eigenvalue weighted by atomic mass is 9.93. The molecule has 1 fully saturated rings. The van der Waals surface area contributed by atoms with E-state index in [1.807, 2.05) is 55.7 Å². The molecule has 4 heterocycles. The highest BCUT2D eigenvalue weighted by atomic mass is 16.6. The van der Waals surface area contributed by atoms with Gasteiger partial charge in [-0.15, -0.1) is 0 Å². The fourth-order valence-electron chi connectivity index (χ4n) is 4.69. The molecule has 4 aromatic rings. The molecule has 9 heteroatoms. The Labute approximate surface area is 210 Å². The molecule has 1 aromatic carbocycles. The van der Waals surface area contributed by atoms with Crippen LogP contribution in [0.25, 0.3) is 16.8 Å². The number of carbonyl (C=O) groups excluding carboxylic acids is 1. The molecule has 0 radical (unpaired) electrons. The van der Waals surface area contributed by atoms with Crippen LogP contribution in [0.4, 0.5) is 11.5 Å². The van der Waals surface area contributed by atoms with Gasteiger partial charge in [-0.25, -0.2) is 14.5 Å². The molecule has 1 saturated heterocycles. The summed E-state index contributed by atoms with van der Waals surface area (Å²) in [7, 11) is 0. The molecule has 1 aliphatic heterocycles. The van der Waals surface area contributed by atoms with E-state index in [1.165, 1.54) is 6.39 Å². The van der Waals surface area contributed by atoms with Crippen molar-refractivity contribution in [1.29, 1.82) is 0 Å². The molecule has 0 aliphatic carbocycles. The normalized spacial score (nSPS) is 15.3. The third-order valence-corrected chi connectivity index (χ3v) is 6.36. The van der Waals surface area contributed by atoms with E-state index in [0.29, 0.717) is 18.1 Å². The minimum absolute atomic E-state index is 0.0976. The maximum absolute atomic E-state index is 12.2. The molecule has 0 unspecified atom stereocenters. The number of rotatable bonds is 7. The van der Waals surface area contributed by atoms with Crippen molar-refractivity contribution in [3.05, 3.63) is 61.0 Å². The molecule has 0 amide bonds. The van der Waals surface area contributed by atoms with Crippen molar-refractivity contribution in [1.82, 2.24) is 24.5 Å². The summed E-state index contributed by atoms with van der Waals surface area (Å²) in [6, 6.07) is 10.1. The third-order valence-electron chi connectivity index (χ3n) is 6.36. The smallest absolute Gasteiger partial charge is 0.306 e. The quantitative estimate of drug-likeness (QED) is 0.360. The van der Waals surface area contributed by atoms with Gasteiger partial charge in [0, 0.05) is 30.4 Å². The lowest BCUT2D eigenvalue weighted by Crippen LogP contribution is -2.34. The topological polar surface area (TPSA) is 97.8 Å². The number of fused-ring (bicyclic) bond motifs is 1. The first kappa shape index (κ1) is 24.0. The molecule has 3 aromatic heterocycles. The number of carbonyl (C=O) groups is 1. The maximum atomic E-state index is 12.2. The zero-order valence-corrected chi connectivity index (χ0v) is 21.0. The highest BCUT2D eigenvalue weighted by molar-refractivity contribution is 5.77. The Hall–Kier alpha value is -3.72. The first-order valence-corrected chi connectivity index (χ1v) is 12.4. The molecule has 188 valence electrons. The van der Waals surface area contributed by atoms with E-state index >= 15 is 0 Å². The van der Waals surface area contributed by atoms with Crippen molar-refractivity contribution in [2.24, 2.45) is 5.92 Å². The van der Waals surface area contributed by atoms with Crippen LogP contribution in [-0.2, 0) is 16.1 Å². The average Bonchev–Trinajstić information content (AvgIpc) is 3.51. The summed E-state index contributed by atoms with van der Waals surface area (Å²) in [5, 5.41) is 7.86. The summed E-state index contributed by atoms with van der Waals surface area (Å²) < 4.78 is 12.8. The Balaban J connectivity index is 1.26. The number of esters is 1. The van der Waals surface area contributed by atoms with Gasteiger partial charge in [-0.05, 0) is 76.4 Å². The summed E-state index contributed by atoms with van der Waals surface area (Å²) in [4.78, 5) is 23.2. The number of anilines is 2. The number of likely N-dealkylation sites (tertiary alicyclic amines) is 1. The summed E-state index contributed by atoms with van der Waals surface area (Å²) in [5.41, 5.74) is 3.53. The van der Waals surface area contributed by atoms with Gasteiger partial charge in [0.15, 0.2) is 18.0 Å². The highest BCUT2D eigenvalue weighted by Gasteiger charge is 2.25. The molecule has 1 aliphatic rings. The largest absolute Gasteiger partial charge is 0.460 e. The molecular weight excluding hydrogens is 456 g/mol. The number of aromatic nitrogens is 4. The summed E-state index contributed by atoms with van der Waals surface area (Å²) >= 11 is 0. The second-order valence-corrected chi connectivity index (χ2v) is 10.3. The van der Waals surface area contributed by atoms with Gasteiger partial charge < -0.3 is 14.5 Å². The van der Waals surface area contributed by atoms with Gasteiger partial charge in [-0.3, -0.25) is 9.69 Å². The summed E-state index contributed by atoms with van der Waals surface area (Å²) in [6.07, 6.45) is 9.12. The average molecular weight is 489 g/mol. The predicted octanol–water partition coefficient (Wildman–Crippen LogP) is 5.07. The maximum Gasteiger partial charge on any atom is 0.306 e. The van der Waals surface area contributed by atoms with E-state index in [2.05, 4.69) is 31.3 Å². The van der Waals surface area contributed by atoms with Gasteiger partial charge in [-0.2, -0.15) is 5.10 Å². The minimum atomic E-state index is -0.431. The molecule has 0 spiro atoms. The van der Waals surface area contributed by atoms with Gasteiger partial charge in [0.2, 0.25) is 0 Å². The second kappa shape index (κ2) is 10.1. The van der Waals surface area contributed by atoms with E-state index in [4.69, 9.17) is 9.15 Å². The highest BCUT2D eigenvalue weighted by Crippen LogP contribution is 2.29. The fraction of sp³-hybridized carbons (Fsp3) is 0.407. The Kier molecular flexibility index (Phi) is 6.73. The number of ether oxygens (including phenoxy) is 1. The lowest BCUT2D eigenvalue weighted by Gasteiger charge is -2.32. The number of benzene rings is 1. The van der Waals surface area contributed by atoms with Gasteiger partial charge in [0.05, 0.1) is 6.20 Å². The van der Waals surface area contributed by atoms with Crippen LogP contribution in [0.1, 0.15) is 45.6 Å². The van der Waals surface area contributed by atoms with E-state index in [0.717, 1.165) is 60.6 Å². The van der Waals surface area contributed by atoms with Gasteiger partial charge >= 0.3 is 5.97 Å². The molecule has 5 rings (SSSR count). The van der Waals surface area contributed by atoms with Gasteiger partial charge in [0.25, 0.3) is 0 Å². The summed E-state index contributed by atoms with van der Waals surface area (Å²) in [6.45, 7) is 8.43. The standard InChI is InChI=1S/C27H32N6O3/c1-27(2,3)36-24(34)13-19-7-10-32(11-8-19)16-21-9-12-33-25(21)26(29-17-30-33)31-22-6-4-5-20(14-22)23-15-28-18-35-23/h4-6,9,12,14-15,17-19H,7-8,10-11,13,16H2,1-3H3,(H,29,30,31). The number of hydrogen-bond donors (Lipinski definition) is 1. The third kappa shape index (κ3) is 5.73. The molecule has 0 bridgehead atoms. The number of nitrogens with zero attached hydrogens (tertiary/aromatic N) is 5. The fourth-order valence-corrected chi connectivity index (χ4v) is 4.69. The van der Waals surface area contributed by atoms with Crippen molar-refractivity contribution >= 4 is 23.0 Å². The minimum Gasteiger partial charge on any atom is -0.460 e. The van der Waals surface area contributed by atoms with Crippen LogP contribution in [0.2, 0.25) is 0 Å². The van der Waals surface area contributed by atoms with E-state index in [9.17, 15) is 4.79 Å². The van der Waals surface area contributed by atoms with Crippen LogP contribution >= 0.6 is 0 Å². The van der Waals surface area contributed by atoms with Crippen molar-refractivity contribution in [3.63, 3.8) is 0 Å². The van der Waals surface area contributed by atoms with Crippen molar-refractivity contribution in [2.75, 3.05) is 18.4 Å². The zero-order chi connectivity index (χ0) is 25.1. The first-order valence-electron chi connectivity index (χ1n) is 12.4. The van der Waals surface area contributed by atoms with Crippen LogP contribution in [-0.4, -0.2) is 49.1 Å². The predicted molar refractivity (Wildman–Crippen MR) is 137 cm³/mol. The van der Waals surface area contributed by atoms with Crippen LogP contribution < -0.4 is 5.32 Å². The number of oxazole rings is 1. The monoisotopic (exact) mass is 488 g/mol. The van der Waals surface area contributed by atoms with Crippen molar-refractivity contribution in [2.45, 2.75) is 52.2 Å². The number of nitrogens with one attached hydrogen (secondary N) is 1. The van der Waals surface area contributed by atoms with Crippen molar-refractivity contribution in [3.8, 4) is 11.3 Å². The zero-order valence-electron chi connectivity index (χ0n) is 21.0. The van der Waals surface area contributed by atoms with E-state index in [-0.39, 0.29) is 5.97 Å². The second-order valence-electron chi connectivity index (χ2n) is 10.3. The van der Waals surface area contributed by atoms with Crippen molar-refractivity contribution < 1.29 is 13.9 Å². The van der Waals surface area contributed by atoms with E-state index < -0.39 is 5.60 Å². The molecular formula is C27H32N6O3. The van der Waals surface area contributed by atoms with Gasteiger partial charge in [-0.1, -0.05) is 12.1 Å². The van der Waals surface area contributed by atoms with Gasteiger partial charge in [0.1, 0.15) is 17.4 Å². The molecule has 9 nitrogen and oxygen atoms in total. The van der Waals surface area contributed by atoms with Crippen LogP contribution in [0.5, 0.6) is 0 Å². The molecule has 0 atom stereocenters. The Morgan fingerprint density at radius 3 is 2.81 bits per heavy atom. The van der Waals surface area contributed by atoms with Crippen LogP contribution in [0.15, 0.2) is 59.9 Å². The Morgan fingerprint density at radius 2 is 2.06 bits per heavy atom. The molecule has 0 saturated carbocycles. The molecule has 36 heavy (non-hydrogen) atoms. The number of hydrogen-bond acceptors (Lipinski definition) is 8. The van der Waals surface area contributed by atoms with E-state index in [1.54, 1.807) is 12.5 Å². The van der Waals surface area contributed by atoms with Crippen LogP contribution in [0, 0.1) is 5.92 Å². The van der Waals surface area contributed by atoms with Crippen LogP contribution in [0.3, 0.4) is 0 Å². The Bertz CT molecular complexity index is 1320. The first-order chi connectivity index (χ1) is 17.3. The molecule has 1 N–H and O–H groups in total. The number of piperidine rings is 1.